The monoisotopic (exact) mass is 429 g/mol. The normalized spacial score (nSPS) is 22.0. The molecule has 0 aromatic heterocycles. The molecule has 3 atom stereocenters. The van der Waals surface area contributed by atoms with Crippen LogP contribution in [0.4, 0.5) is 0 Å². The van der Waals surface area contributed by atoms with Gasteiger partial charge >= 0.3 is 0 Å². The van der Waals surface area contributed by atoms with Gasteiger partial charge in [0.2, 0.25) is 0 Å². The Balaban J connectivity index is 1.75. The summed E-state index contributed by atoms with van der Waals surface area (Å²) in [6.07, 6.45) is 6.86. The molecule has 0 unspecified atom stereocenters. The van der Waals surface area contributed by atoms with Crippen LogP contribution in [-0.2, 0) is 17.9 Å². The fourth-order valence-electron chi connectivity index (χ4n) is 6.01. The molecule has 2 aliphatic rings. The predicted molar refractivity (Wildman–Crippen MR) is 133 cm³/mol. The molecule has 1 fully saturated rings. The number of allylic oxidation sites excluding steroid dienone is 1. The van der Waals surface area contributed by atoms with Crippen LogP contribution in [-0.4, -0.2) is 16.7 Å². The number of rotatable bonds is 9. The first-order chi connectivity index (χ1) is 15.6. The van der Waals surface area contributed by atoms with E-state index in [2.05, 4.69) is 86.3 Å². The number of Topliss-reactive ketones (excluding diaryl/α,β-unsaturated/α-hetero) is 1. The van der Waals surface area contributed by atoms with Gasteiger partial charge in [0.1, 0.15) is 0 Å². The zero-order chi connectivity index (χ0) is 22.5. The molecule has 170 valence electrons. The molecule has 0 saturated heterocycles. The van der Waals surface area contributed by atoms with Gasteiger partial charge in [0.05, 0.1) is 0 Å². The van der Waals surface area contributed by atoms with Gasteiger partial charge in [-0.3, -0.25) is 9.69 Å². The summed E-state index contributed by atoms with van der Waals surface area (Å²) in [7, 11) is 0. The lowest BCUT2D eigenvalue weighted by Crippen LogP contribution is -2.39. The second kappa shape index (κ2) is 10.6. The van der Waals surface area contributed by atoms with E-state index >= 15 is 0 Å². The molecule has 2 aromatic carbocycles. The van der Waals surface area contributed by atoms with Gasteiger partial charge in [-0.1, -0.05) is 93.4 Å². The summed E-state index contributed by atoms with van der Waals surface area (Å²) < 4.78 is 0. The lowest BCUT2D eigenvalue weighted by Gasteiger charge is -2.35. The van der Waals surface area contributed by atoms with Crippen molar-refractivity contribution < 1.29 is 4.79 Å². The molecule has 2 heteroatoms. The average Bonchev–Trinajstić information content (AvgIpc) is 3.09. The van der Waals surface area contributed by atoms with E-state index in [1.54, 1.807) is 0 Å². The van der Waals surface area contributed by atoms with E-state index in [0.29, 0.717) is 17.6 Å². The molecule has 0 aliphatic heterocycles. The number of ketones is 1. The number of nitrogens with zero attached hydrogens (tertiary/aromatic N) is 1. The molecule has 2 aromatic rings. The third-order valence-electron chi connectivity index (χ3n) is 7.46. The fourth-order valence-corrected chi connectivity index (χ4v) is 6.01. The van der Waals surface area contributed by atoms with Crippen molar-refractivity contribution in [2.75, 3.05) is 0 Å². The lowest BCUT2D eigenvalue weighted by atomic mass is 9.79. The number of carbonyl (C=O) groups excluding carboxylic acids is 1. The van der Waals surface area contributed by atoms with Crippen molar-refractivity contribution >= 4 is 5.78 Å². The highest BCUT2D eigenvalue weighted by Gasteiger charge is 2.45. The standard InChI is InChI=1S/C30H39NO/c1-4-25-26-17-11-12-18-27(26)29(30(25)32)28(19-22(2)3)31(20-23-13-7-5-8-14-23)21-24-15-9-6-10-16-24/h5-10,13-16,22,25-26,28H,4,11-12,17-21H2,1-3H3/t25-,26-,28-/m0/s1. The Hall–Kier alpha value is -2.19. The first-order valence-electron chi connectivity index (χ1n) is 12.7. The Bertz CT molecular complexity index is 873. The first-order valence-corrected chi connectivity index (χ1v) is 12.7. The summed E-state index contributed by atoms with van der Waals surface area (Å²) in [6.45, 7) is 8.56. The van der Waals surface area contributed by atoms with Crippen LogP contribution in [0.15, 0.2) is 71.8 Å². The van der Waals surface area contributed by atoms with Gasteiger partial charge < -0.3 is 0 Å². The molecule has 32 heavy (non-hydrogen) atoms. The van der Waals surface area contributed by atoms with Crippen molar-refractivity contribution in [2.45, 2.75) is 78.4 Å². The van der Waals surface area contributed by atoms with E-state index in [0.717, 1.165) is 32.4 Å². The second-order valence-electron chi connectivity index (χ2n) is 10.2. The molecule has 4 rings (SSSR count). The van der Waals surface area contributed by atoms with Gasteiger partial charge in [0, 0.05) is 30.6 Å². The van der Waals surface area contributed by atoms with E-state index in [9.17, 15) is 4.79 Å². The molecular weight excluding hydrogens is 390 g/mol. The molecule has 0 heterocycles. The Kier molecular flexibility index (Phi) is 7.63. The fraction of sp³-hybridized carbons (Fsp3) is 0.500. The van der Waals surface area contributed by atoms with E-state index in [1.165, 1.54) is 41.5 Å². The molecule has 2 aliphatic carbocycles. The quantitative estimate of drug-likeness (QED) is 0.420. The zero-order valence-electron chi connectivity index (χ0n) is 20.1. The van der Waals surface area contributed by atoms with Crippen LogP contribution in [0.2, 0.25) is 0 Å². The average molecular weight is 430 g/mol. The topological polar surface area (TPSA) is 20.3 Å². The summed E-state index contributed by atoms with van der Waals surface area (Å²) in [5.74, 6) is 1.72. The Labute approximate surface area is 194 Å². The van der Waals surface area contributed by atoms with Crippen LogP contribution in [0.3, 0.4) is 0 Å². The van der Waals surface area contributed by atoms with Crippen molar-refractivity contribution in [1.82, 2.24) is 4.90 Å². The lowest BCUT2D eigenvalue weighted by molar-refractivity contribution is -0.120. The highest BCUT2D eigenvalue weighted by molar-refractivity contribution is 6.02. The zero-order valence-corrected chi connectivity index (χ0v) is 20.1. The van der Waals surface area contributed by atoms with Gasteiger partial charge in [-0.25, -0.2) is 0 Å². The van der Waals surface area contributed by atoms with Gasteiger partial charge in [0.15, 0.2) is 5.78 Å². The van der Waals surface area contributed by atoms with E-state index in [1.807, 2.05) is 0 Å². The van der Waals surface area contributed by atoms with Crippen LogP contribution in [0.25, 0.3) is 0 Å². The summed E-state index contributed by atoms with van der Waals surface area (Å²) in [5.41, 5.74) is 5.35. The van der Waals surface area contributed by atoms with Crippen molar-refractivity contribution in [3.05, 3.63) is 82.9 Å². The maximum absolute atomic E-state index is 13.9. The van der Waals surface area contributed by atoms with Crippen LogP contribution in [0.5, 0.6) is 0 Å². The third kappa shape index (κ3) is 5.07. The van der Waals surface area contributed by atoms with Crippen molar-refractivity contribution in [1.29, 1.82) is 0 Å². The molecule has 0 amide bonds. The van der Waals surface area contributed by atoms with Gasteiger partial charge in [-0.15, -0.1) is 0 Å². The number of fused-ring (bicyclic) bond motifs is 1. The minimum atomic E-state index is 0.190. The molecule has 0 spiro atoms. The molecule has 1 saturated carbocycles. The van der Waals surface area contributed by atoms with Crippen LogP contribution in [0.1, 0.15) is 70.4 Å². The summed E-state index contributed by atoms with van der Waals surface area (Å²) in [6, 6.07) is 21.7. The largest absolute Gasteiger partial charge is 0.294 e. The van der Waals surface area contributed by atoms with Crippen LogP contribution >= 0.6 is 0 Å². The molecule has 0 N–H and O–H groups in total. The third-order valence-corrected chi connectivity index (χ3v) is 7.46. The Morgan fingerprint density at radius 2 is 1.50 bits per heavy atom. The summed E-state index contributed by atoms with van der Waals surface area (Å²) in [4.78, 5) is 16.4. The van der Waals surface area contributed by atoms with Crippen molar-refractivity contribution in [2.24, 2.45) is 17.8 Å². The number of hydrogen-bond acceptors (Lipinski definition) is 2. The molecule has 0 radical (unpaired) electrons. The van der Waals surface area contributed by atoms with Gasteiger partial charge in [-0.05, 0) is 55.1 Å². The van der Waals surface area contributed by atoms with E-state index < -0.39 is 0 Å². The minimum absolute atomic E-state index is 0.190. The van der Waals surface area contributed by atoms with Crippen LogP contribution in [0, 0.1) is 17.8 Å². The van der Waals surface area contributed by atoms with Crippen LogP contribution < -0.4 is 0 Å². The maximum atomic E-state index is 13.9. The molecular formula is C30H39NO. The maximum Gasteiger partial charge on any atom is 0.164 e. The SMILES string of the molecule is CC[C@@H]1C(=O)C([C@H](CC(C)C)N(Cc2ccccc2)Cc2ccccc2)=C2CCCC[C@H]21. The molecule has 0 bridgehead atoms. The van der Waals surface area contributed by atoms with E-state index in [4.69, 9.17) is 0 Å². The van der Waals surface area contributed by atoms with Gasteiger partial charge in [0.25, 0.3) is 0 Å². The highest BCUT2D eigenvalue weighted by Crippen LogP contribution is 2.47. The number of carbonyl (C=O) groups is 1. The number of hydrogen-bond donors (Lipinski definition) is 0. The minimum Gasteiger partial charge on any atom is -0.294 e. The Morgan fingerprint density at radius 3 is 2.03 bits per heavy atom. The van der Waals surface area contributed by atoms with E-state index in [-0.39, 0.29) is 12.0 Å². The Morgan fingerprint density at radius 1 is 0.906 bits per heavy atom. The second-order valence-corrected chi connectivity index (χ2v) is 10.2. The predicted octanol–water partition coefficient (Wildman–Crippen LogP) is 7.20. The van der Waals surface area contributed by atoms with Crippen molar-refractivity contribution in [3.63, 3.8) is 0 Å². The smallest absolute Gasteiger partial charge is 0.164 e. The highest BCUT2D eigenvalue weighted by atomic mass is 16.1. The van der Waals surface area contributed by atoms with Crippen molar-refractivity contribution in [3.8, 4) is 0 Å². The summed E-state index contributed by atoms with van der Waals surface area (Å²) >= 11 is 0. The van der Waals surface area contributed by atoms with Gasteiger partial charge in [-0.2, -0.15) is 0 Å². The molecule has 2 nitrogen and oxygen atoms in total. The number of benzene rings is 2. The summed E-state index contributed by atoms with van der Waals surface area (Å²) in [5, 5.41) is 0. The first kappa shape index (κ1) is 23.0.